The number of hydrogen-bond acceptors (Lipinski definition) is 5. The minimum Gasteiger partial charge on any atom is -0.325 e. The molecule has 4 rings (SSSR count). The van der Waals surface area contributed by atoms with E-state index in [1.807, 2.05) is 18.2 Å². The van der Waals surface area contributed by atoms with E-state index in [-0.39, 0.29) is 11.6 Å². The summed E-state index contributed by atoms with van der Waals surface area (Å²) >= 11 is 3.19. The van der Waals surface area contributed by atoms with Crippen molar-refractivity contribution >= 4 is 45.4 Å². The van der Waals surface area contributed by atoms with E-state index in [1.165, 1.54) is 36.6 Å². The predicted molar refractivity (Wildman–Crippen MR) is 121 cm³/mol. The Labute approximate surface area is 174 Å². The van der Waals surface area contributed by atoms with Crippen LogP contribution in [-0.4, -0.2) is 28.1 Å². The molecule has 1 aliphatic heterocycles. The molecule has 28 heavy (non-hydrogen) atoms. The maximum absolute atomic E-state index is 12.5. The lowest BCUT2D eigenvalue weighted by atomic mass is 9.90. The van der Waals surface area contributed by atoms with Crippen LogP contribution in [0.2, 0.25) is 0 Å². The number of nitrogens with one attached hydrogen (secondary N) is 1. The molecule has 0 saturated heterocycles. The molecule has 1 spiro atoms. The molecular formula is C22H25N3OS2. The fraction of sp³-hybridized carbons (Fsp3) is 0.409. The molecule has 1 amide bonds. The highest BCUT2D eigenvalue weighted by molar-refractivity contribution is 8.16. The summed E-state index contributed by atoms with van der Waals surface area (Å²) < 4.78 is 0. The smallest absolute Gasteiger partial charge is 0.234 e. The molecule has 1 aromatic heterocycles. The van der Waals surface area contributed by atoms with E-state index in [2.05, 4.69) is 35.8 Å². The van der Waals surface area contributed by atoms with E-state index in [0.29, 0.717) is 5.75 Å². The van der Waals surface area contributed by atoms with Gasteiger partial charge in [-0.3, -0.25) is 9.79 Å². The number of aliphatic imine (C=N–C) groups is 2. The summed E-state index contributed by atoms with van der Waals surface area (Å²) in [6.07, 6.45) is 6.65. The highest BCUT2D eigenvalue weighted by atomic mass is 32.2. The summed E-state index contributed by atoms with van der Waals surface area (Å²) in [5, 5.41) is 5.97. The zero-order valence-electron chi connectivity index (χ0n) is 16.1. The Morgan fingerprint density at radius 3 is 2.61 bits per heavy atom. The lowest BCUT2D eigenvalue weighted by Crippen LogP contribution is -2.25. The number of nitrogens with zero attached hydrogens (tertiary/aromatic N) is 2. The van der Waals surface area contributed by atoms with Crippen molar-refractivity contribution < 1.29 is 4.79 Å². The van der Waals surface area contributed by atoms with Crippen molar-refractivity contribution in [1.29, 1.82) is 0 Å². The molecule has 1 fully saturated rings. The quantitative estimate of drug-likeness (QED) is 0.702. The Bertz CT molecular complexity index is 879. The largest absolute Gasteiger partial charge is 0.325 e. The van der Waals surface area contributed by atoms with E-state index in [1.54, 1.807) is 11.3 Å². The first kappa shape index (κ1) is 19.4. The molecule has 6 heteroatoms. The summed E-state index contributed by atoms with van der Waals surface area (Å²) in [5.74, 6) is 0.335. The zero-order chi connectivity index (χ0) is 19.4. The molecule has 0 radical (unpaired) electrons. The molecule has 0 atom stereocenters. The van der Waals surface area contributed by atoms with Gasteiger partial charge in [-0.2, -0.15) is 0 Å². The van der Waals surface area contributed by atoms with Gasteiger partial charge in [-0.15, -0.1) is 11.3 Å². The van der Waals surface area contributed by atoms with E-state index in [4.69, 9.17) is 9.98 Å². The van der Waals surface area contributed by atoms with Crippen LogP contribution >= 0.6 is 23.1 Å². The van der Waals surface area contributed by atoms with Gasteiger partial charge in [0.15, 0.2) is 5.66 Å². The van der Waals surface area contributed by atoms with Gasteiger partial charge in [0.05, 0.1) is 10.6 Å². The number of thioether (sulfide) groups is 1. The van der Waals surface area contributed by atoms with Crippen LogP contribution < -0.4 is 5.32 Å². The third-order valence-electron chi connectivity index (χ3n) is 5.23. The first-order chi connectivity index (χ1) is 13.7. The summed E-state index contributed by atoms with van der Waals surface area (Å²) in [7, 11) is 0. The average Bonchev–Trinajstić information content (AvgIpc) is 3.36. The maximum atomic E-state index is 12.5. The fourth-order valence-corrected chi connectivity index (χ4v) is 5.34. The van der Waals surface area contributed by atoms with Gasteiger partial charge in [0.25, 0.3) is 0 Å². The van der Waals surface area contributed by atoms with Crippen molar-refractivity contribution in [2.45, 2.75) is 51.1 Å². The Kier molecular flexibility index (Phi) is 5.97. The molecule has 4 nitrogen and oxygen atoms in total. The maximum Gasteiger partial charge on any atom is 0.234 e. The Morgan fingerprint density at radius 1 is 1.14 bits per heavy atom. The van der Waals surface area contributed by atoms with Gasteiger partial charge in [0, 0.05) is 5.69 Å². The van der Waals surface area contributed by atoms with Gasteiger partial charge < -0.3 is 5.32 Å². The summed E-state index contributed by atoms with van der Waals surface area (Å²) in [4.78, 5) is 23.7. The summed E-state index contributed by atoms with van der Waals surface area (Å²) in [6, 6.07) is 12.2. The Hall–Kier alpha value is -1.92. The number of rotatable bonds is 5. The minimum atomic E-state index is -0.285. The Morgan fingerprint density at radius 2 is 1.93 bits per heavy atom. The van der Waals surface area contributed by atoms with Crippen molar-refractivity contribution in [1.82, 2.24) is 0 Å². The average molecular weight is 412 g/mol. The van der Waals surface area contributed by atoms with Crippen molar-refractivity contribution in [3.63, 3.8) is 0 Å². The van der Waals surface area contributed by atoms with Crippen molar-refractivity contribution in [3.05, 3.63) is 52.2 Å². The van der Waals surface area contributed by atoms with Crippen molar-refractivity contribution in [2.24, 2.45) is 9.98 Å². The summed E-state index contributed by atoms with van der Waals surface area (Å²) in [5.41, 5.74) is 2.79. The topological polar surface area (TPSA) is 53.8 Å². The molecule has 146 valence electrons. The monoisotopic (exact) mass is 411 g/mol. The third kappa shape index (κ3) is 4.39. The van der Waals surface area contributed by atoms with Gasteiger partial charge >= 0.3 is 0 Å². The molecule has 2 aromatic rings. The number of thiophene rings is 1. The molecule has 2 heterocycles. The van der Waals surface area contributed by atoms with Crippen LogP contribution in [-0.2, 0) is 11.2 Å². The standard InChI is InChI=1S/C22H25N3OS2/c1-2-16-8-10-17(11-9-16)23-19(26)15-28-21-20(18-7-6-14-27-18)24-22(25-21)12-4-3-5-13-22/h6-11,14H,2-5,12-13,15H2,1H3,(H,23,26). The van der Waals surface area contributed by atoms with Crippen LogP contribution in [0.1, 0.15) is 49.5 Å². The number of carbonyl (C=O) groups is 1. The first-order valence-corrected chi connectivity index (χ1v) is 11.8. The number of amides is 1. The van der Waals surface area contributed by atoms with Crippen molar-refractivity contribution in [2.75, 3.05) is 11.1 Å². The second kappa shape index (κ2) is 8.62. The number of carbonyl (C=O) groups excluding carboxylic acids is 1. The van der Waals surface area contributed by atoms with Crippen LogP contribution in [0.4, 0.5) is 5.69 Å². The highest BCUT2D eigenvalue weighted by Crippen LogP contribution is 2.39. The fourth-order valence-electron chi connectivity index (χ4n) is 3.69. The molecule has 1 saturated carbocycles. The number of anilines is 1. The van der Waals surface area contributed by atoms with Gasteiger partial charge in [0.1, 0.15) is 10.8 Å². The van der Waals surface area contributed by atoms with E-state index >= 15 is 0 Å². The van der Waals surface area contributed by atoms with Gasteiger partial charge in [-0.25, -0.2) is 4.99 Å². The van der Waals surface area contributed by atoms with Crippen LogP contribution in [0.3, 0.4) is 0 Å². The van der Waals surface area contributed by atoms with Crippen LogP contribution in [0, 0.1) is 0 Å². The minimum absolute atomic E-state index is 0.00734. The van der Waals surface area contributed by atoms with Crippen LogP contribution in [0.25, 0.3) is 0 Å². The van der Waals surface area contributed by atoms with Crippen LogP contribution in [0.15, 0.2) is 51.8 Å². The predicted octanol–water partition coefficient (Wildman–Crippen LogP) is 5.54. The highest BCUT2D eigenvalue weighted by Gasteiger charge is 2.38. The lowest BCUT2D eigenvalue weighted by Gasteiger charge is -2.27. The number of aryl methyl sites for hydroxylation is 1. The molecular weight excluding hydrogens is 386 g/mol. The molecule has 0 unspecified atom stereocenters. The molecule has 1 N–H and O–H groups in total. The number of hydrogen-bond donors (Lipinski definition) is 1. The molecule has 2 aliphatic rings. The first-order valence-electron chi connectivity index (χ1n) is 9.93. The Balaban J connectivity index is 1.44. The van der Waals surface area contributed by atoms with Crippen molar-refractivity contribution in [3.8, 4) is 0 Å². The van der Waals surface area contributed by atoms with Crippen LogP contribution in [0.5, 0.6) is 0 Å². The van der Waals surface area contributed by atoms with E-state index < -0.39 is 0 Å². The van der Waals surface area contributed by atoms with Gasteiger partial charge in [-0.1, -0.05) is 43.3 Å². The normalized spacial score (nSPS) is 18.0. The second-order valence-electron chi connectivity index (χ2n) is 7.29. The zero-order valence-corrected chi connectivity index (χ0v) is 17.7. The van der Waals surface area contributed by atoms with Gasteiger partial charge in [-0.05, 0) is 61.2 Å². The number of benzene rings is 1. The second-order valence-corrected chi connectivity index (χ2v) is 9.20. The van der Waals surface area contributed by atoms with E-state index in [0.717, 1.165) is 40.6 Å². The molecule has 1 aliphatic carbocycles. The lowest BCUT2D eigenvalue weighted by molar-refractivity contribution is -0.113. The molecule has 0 bridgehead atoms. The van der Waals surface area contributed by atoms with E-state index in [9.17, 15) is 4.79 Å². The molecule has 1 aromatic carbocycles. The summed E-state index contributed by atoms with van der Waals surface area (Å²) in [6.45, 7) is 2.12. The SMILES string of the molecule is CCc1ccc(NC(=O)CSC2=NC3(CCCCC3)N=C2c2cccs2)cc1. The van der Waals surface area contributed by atoms with Gasteiger partial charge in [0.2, 0.25) is 5.91 Å². The third-order valence-corrected chi connectivity index (χ3v) is 7.07.